The average Bonchev–Trinajstić information content (AvgIpc) is 2.94. The fourth-order valence-electron chi connectivity index (χ4n) is 4.89. The zero-order valence-corrected chi connectivity index (χ0v) is 23.5. The Morgan fingerprint density at radius 2 is 1.51 bits per heavy atom. The van der Waals surface area contributed by atoms with Crippen LogP contribution >= 0.6 is 0 Å². The van der Waals surface area contributed by atoms with Gasteiger partial charge in [-0.25, -0.2) is 0 Å². The number of nitrogens with two attached hydrogens (primary N) is 1. The van der Waals surface area contributed by atoms with Crippen molar-refractivity contribution >= 4 is 23.7 Å². The molecule has 1 aromatic carbocycles. The number of aliphatic carboxylic acids is 1. The first-order valence-corrected chi connectivity index (χ1v) is 13.9. The van der Waals surface area contributed by atoms with Crippen LogP contribution in [0.15, 0.2) is 30.3 Å². The van der Waals surface area contributed by atoms with E-state index in [-0.39, 0.29) is 12.3 Å². The van der Waals surface area contributed by atoms with Gasteiger partial charge in [0.05, 0.1) is 30.7 Å². The fourth-order valence-corrected chi connectivity index (χ4v) is 4.89. The van der Waals surface area contributed by atoms with Gasteiger partial charge in [-0.05, 0) is 30.7 Å². The molecule has 13 nitrogen and oxygen atoms in total. The largest absolute Gasteiger partial charge is 0.481 e. The van der Waals surface area contributed by atoms with Crippen molar-refractivity contribution in [2.45, 2.75) is 101 Å². The summed E-state index contributed by atoms with van der Waals surface area (Å²) in [5.41, 5.74) is 5.64. The molecule has 230 valence electrons. The molecular weight excluding hydrogens is 536 g/mol. The van der Waals surface area contributed by atoms with Crippen molar-refractivity contribution in [3.8, 4) is 0 Å². The number of benzene rings is 1. The van der Waals surface area contributed by atoms with Crippen LogP contribution in [0.1, 0.15) is 70.4 Å². The van der Waals surface area contributed by atoms with Gasteiger partial charge in [0.15, 0.2) is 6.10 Å². The summed E-state index contributed by atoms with van der Waals surface area (Å²) in [7, 11) is 0. The number of carbonyl (C=O) groups excluding carboxylic acids is 3. The molecule has 3 amide bonds. The van der Waals surface area contributed by atoms with E-state index in [4.69, 9.17) is 5.73 Å². The minimum absolute atomic E-state index is 0.0249. The predicted octanol–water partition coefficient (Wildman–Crippen LogP) is -0.929. The first-order valence-electron chi connectivity index (χ1n) is 13.9. The Hall–Kier alpha value is -3.10. The van der Waals surface area contributed by atoms with Gasteiger partial charge in [0.1, 0.15) is 18.2 Å². The maximum Gasteiger partial charge on any atom is 0.305 e. The van der Waals surface area contributed by atoms with E-state index in [1.807, 2.05) is 13.8 Å². The zero-order chi connectivity index (χ0) is 30.7. The predicted molar refractivity (Wildman–Crippen MR) is 148 cm³/mol. The van der Waals surface area contributed by atoms with Crippen LogP contribution in [0.2, 0.25) is 0 Å². The summed E-state index contributed by atoms with van der Waals surface area (Å²) in [5, 5.41) is 58.2. The minimum Gasteiger partial charge on any atom is -0.481 e. The molecule has 1 saturated carbocycles. The van der Waals surface area contributed by atoms with Crippen LogP contribution < -0.4 is 21.7 Å². The van der Waals surface area contributed by atoms with Crippen LogP contribution in [0.25, 0.3) is 0 Å². The number of hydrogen-bond donors (Lipinski definition) is 9. The number of aliphatic hydroxyl groups is 4. The van der Waals surface area contributed by atoms with Crippen molar-refractivity contribution in [1.29, 1.82) is 0 Å². The van der Waals surface area contributed by atoms with E-state index in [9.17, 15) is 44.7 Å². The second kappa shape index (κ2) is 15.8. The Labute approximate surface area is 239 Å². The van der Waals surface area contributed by atoms with Crippen molar-refractivity contribution < 1.29 is 44.7 Å². The topological polar surface area (TPSA) is 232 Å². The molecule has 1 fully saturated rings. The van der Waals surface area contributed by atoms with Crippen molar-refractivity contribution in [3.05, 3.63) is 35.9 Å². The molecule has 6 atom stereocenters. The van der Waals surface area contributed by atoms with Gasteiger partial charge in [-0.2, -0.15) is 0 Å². The number of rotatable bonds is 15. The molecule has 13 heteroatoms. The van der Waals surface area contributed by atoms with Crippen molar-refractivity contribution in [2.75, 3.05) is 6.61 Å². The fraction of sp³-hybridized carbons (Fsp3) is 0.643. The maximum atomic E-state index is 13.1. The highest BCUT2D eigenvalue weighted by Gasteiger charge is 2.40. The molecule has 41 heavy (non-hydrogen) atoms. The molecule has 2 rings (SSSR count). The Morgan fingerprint density at radius 1 is 0.902 bits per heavy atom. The Balaban J connectivity index is 2.09. The SMILES string of the molecule is CC(C)C[C@H](NC(=O)C1(N)CCCCC1)C(=O)N[C@@H](CO)[C@@H](O)[C@@H](O)[C@H](O)C(=O)N[C@@H](CC(=O)O)c1ccccc1. The summed E-state index contributed by atoms with van der Waals surface area (Å²) in [6.45, 7) is 2.82. The maximum absolute atomic E-state index is 13.1. The lowest BCUT2D eigenvalue weighted by Crippen LogP contribution is -2.62. The molecule has 0 aliphatic heterocycles. The summed E-state index contributed by atoms with van der Waals surface area (Å²) in [5.74, 6) is -3.63. The molecule has 1 aromatic rings. The quantitative estimate of drug-likeness (QED) is 0.124. The van der Waals surface area contributed by atoms with E-state index >= 15 is 0 Å². The molecule has 0 heterocycles. The summed E-state index contributed by atoms with van der Waals surface area (Å²) < 4.78 is 0. The number of carboxylic acid groups (broad SMARTS) is 1. The van der Waals surface area contributed by atoms with Crippen LogP contribution in [0.5, 0.6) is 0 Å². The standard InChI is InChI=1S/C28H44N4O9/c1-16(2)13-19(32-27(41)28(29)11-7-4-8-12-28)25(39)31-20(15-33)22(36)23(37)24(38)26(40)30-18(14-21(34)35)17-9-5-3-6-10-17/h3,5-6,9-10,16,18-20,22-24,33,36-38H,4,7-8,11-15,29H2,1-2H3,(H,30,40)(H,31,39)(H,32,41)(H,34,35)/t18-,19-,20-,22+,23+,24-/m0/s1. The smallest absolute Gasteiger partial charge is 0.305 e. The highest BCUT2D eigenvalue weighted by Crippen LogP contribution is 2.26. The first-order chi connectivity index (χ1) is 19.3. The average molecular weight is 581 g/mol. The van der Waals surface area contributed by atoms with E-state index < -0.39 is 78.7 Å². The lowest BCUT2D eigenvalue weighted by atomic mass is 9.81. The van der Waals surface area contributed by atoms with Gasteiger partial charge in [-0.15, -0.1) is 0 Å². The van der Waals surface area contributed by atoms with Gasteiger partial charge < -0.3 is 47.2 Å². The Morgan fingerprint density at radius 3 is 2.05 bits per heavy atom. The molecule has 1 aliphatic carbocycles. The molecule has 0 aromatic heterocycles. The van der Waals surface area contributed by atoms with Crippen LogP contribution in [0.4, 0.5) is 0 Å². The van der Waals surface area contributed by atoms with Crippen molar-refractivity contribution in [3.63, 3.8) is 0 Å². The number of carbonyl (C=O) groups is 4. The number of amides is 3. The lowest BCUT2D eigenvalue weighted by Gasteiger charge is -2.34. The molecule has 0 unspecified atom stereocenters. The third-order valence-corrected chi connectivity index (χ3v) is 7.30. The van der Waals surface area contributed by atoms with Gasteiger partial charge in [0.2, 0.25) is 11.8 Å². The summed E-state index contributed by atoms with van der Waals surface area (Å²) in [6.07, 6.45) is -3.17. The van der Waals surface area contributed by atoms with Gasteiger partial charge in [-0.3, -0.25) is 19.2 Å². The molecular formula is C28H44N4O9. The highest BCUT2D eigenvalue weighted by atomic mass is 16.4. The third kappa shape index (κ3) is 10.0. The second-order valence-electron chi connectivity index (χ2n) is 11.2. The van der Waals surface area contributed by atoms with Gasteiger partial charge in [0, 0.05) is 0 Å². The lowest BCUT2D eigenvalue weighted by molar-refractivity contribution is -0.145. The Bertz CT molecular complexity index is 1020. The van der Waals surface area contributed by atoms with Crippen molar-refractivity contribution in [2.24, 2.45) is 11.7 Å². The number of hydrogen-bond acceptors (Lipinski definition) is 9. The van der Waals surface area contributed by atoms with E-state index in [2.05, 4.69) is 16.0 Å². The van der Waals surface area contributed by atoms with E-state index in [0.29, 0.717) is 18.4 Å². The summed E-state index contributed by atoms with van der Waals surface area (Å²) >= 11 is 0. The normalized spacial score (nSPS) is 19.2. The summed E-state index contributed by atoms with van der Waals surface area (Å²) in [6, 6.07) is 4.52. The van der Waals surface area contributed by atoms with Gasteiger partial charge in [-0.1, -0.05) is 63.4 Å². The van der Waals surface area contributed by atoms with Crippen molar-refractivity contribution in [1.82, 2.24) is 16.0 Å². The van der Waals surface area contributed by atoms with Crippen LogP contribution in [0.3, 0.4) is 0 Å². The zero-order valence-electron chi connectivity index (χ0n) is 23.5. The van der Waals surface area contributed by atoms with Gasteiger partial charge in [0.25, 0.3) is 5.91 Å². The molecule has 0 saturated heterocycles. The molecule has 0 spiro atoms. The van der Waals surface area contributed by atoms with Crippen LogP contribution in [0, 0.1) is 5.92 Å². The van der Waals surface area contributed by atoms with Crippen LogP contribution in [-0.4, -0.2) is 91.8 Å². The highest BCUT2D eigenvalue weighted by molar-refractivity contribution is 5.92. The second-order valence-corrected chi connectivity index (χ2v) is 11.2. The first kappa shape index (κ1) is 34.1. The molecule has 0 bridgehead atoms. The number of carboxylic acids is 1. The third-order valence-electron chi connectivity index (χ3n) is 7.30. The number of nitrogens with one attached hydrogen (secondary N) is 3. The van der Waals surface area contributed by atoms with Crippen LogP contribution in [-0.2, 0) is 19.2 Å². The molecule has 1 aliphatic rings. The minimum atomic E-state index is -2.23. The summed E-state index contributed by atoms with van der Waals surface area (Å²) in [4.78, 5) is 50.1. The van der Waals surface area contributed by atoms with E-state index in [0.717, 1.165) is 19.3 Å². The molecule has 0 radical (unpaired) electrons. The monoisotopic (exact) mass is 580 g/mol. The Kier molecular flexibility index (Phi) is 13.1. The van der Waals surface area contributed by atoms with E-state index in [1.165, 1.54) is 0 Å². The van der Waals surface area contributed by atoms with E-state index in [1.54, 1.807) is 30.3 Å². The molecule has 10 N–H and O–H groups in total. The van der Waals surface area contributed by atoms with Gasteiger partial charge >= 0.3 is 5.97 Å². The number of aliphatic hydroxyl groups excluding tert-OH is 4.